The third kappa shape index (κ3) is 5.84. The van der Waals surface area contributed by atoms with Gasteiger partial charge in [-0.15, -0.1) is 0 Å². The lowest BCUT2D eigenvalue weighted by Crippen LogP contribution is -2.52. The number of ether oxygens (including phenoxy) is 1. The SMILES string of the molecule is COc1cc(C(=O)N[C@H]2CNCC[C@@H]2F)cc2nc(-c3cc4ccc5nc4n3CCCCCc3ccccc3C(=O)N[C@@H]5C)n(C)c12. The number of alkyl halides is 1. The summed E-state index contributed by atoms with van der Waals surface area (Å²) in [5, 5.41) is 10.1. The first kappa shape index (κ1) is 30.9. The van der Waals surface area contributed by atoms with Gasteiger partial charge in [-0.3, -0.25) is 9.59 Å². The van der Waals surface area contributed by atoms with Crippen LogP contribution in [0.15, 0.2) is 54.6 Å². The van der Waals surface area contributed by atoms with Gasteiger partial charge in [0.05, 0.1) is 36.1 Å². The number of rotatable bonds is 4. The molecule has 0 aliphatic carbocycles. The number of carbonyl (C=O) groups excluding carboxylic acids is 2. The van der Waals surface area contributed by atoms with Gasteiger partial charge in [-0.1, -0.05) is 24.6 Å². The molecule has 5 heterocycles. The predicted octanol–water partition coefficient (Wildman–Crippen LogP) is 5.25. The second-order valence-electron chi connectivity index (χ2n) is 12.6. The van der Waals surface area contributed by atoms with Crippen molar-refractivity contribution in [1.29, 1.82) is 0 Å². The first-order valence-electron chi connectivity index (χ1n) is 16.4. The molecule has 2 bridgehead atoms. The Kier molecular flexibility index (Phi) is 8.40. The summed E-state index contributed by atoms with van der Waals surface area (Å²) in [6.07, 6.45) is 2.97. The Balaban J connectivity index is 1.27. The monoisotopic (exact) mass is 637 g/mol. The van der Waals surface area contributed by atoms with Crippen LogP contribution >= 0.6 is 0 Å². The summed E-state index contributed by atoms with van der Waals surface area (Å²) in [4.78, 5) is 36.7. The molecule has 5 aromatic rings. The van der Waals surface area contributed by atoms with E-state index in [0.717, 1.165) is 71.3 Å². The van der Waals surface area contributed by atoms with Crippen LogP contribution in [0.2, 0.25) is 0 Å². The van der Waals surface area contributed by atoms with Gasteiger partial charge in [0.2, 0.25) is 0 Å². The van der Waals surface area contributed by atoms with Crippen molar-refractivity contribution in [2.24, 2.45) is 7.05 Å². The zero-order chi connectivity index (χ0) is 32.7. The van der Waals surface area contributed by atoms with Crippen LogP contribution in [-0.4, -0.2) is 63.3 Å². The molecule has 10 nitrogen and oxygen atoms in total. The van der Waals surface area contributed by atoms with E-state index < -0.39 is 12.2 Å². The number of hydrogen-bond acceptors (Lipinski definition) is 6. The molecule has 0 spiro atoms. The quantitative estimate of drug-likeness (QED) is 0.248. The summed E-state index contributed by atoms with van der Waals surface area (Å²) in [7, 11) is 3.51. The van der Waals surface area contributed by atoms with E-state index in [0.29, 0.717) is 42.2 Å². The Labute approximate surface area is 272 Å². The molecule has 2 aliphatic rings. The van der Waals surface area contributed by atoms with E-state index >= 15 is 0 Å². The van der Waals surface area contributed by atoms with Gasteiger partial charge in [0.1, 0.15) is 23.1 Å². The van der Waals surface area contributed by atoms with Crippen LogP contribution in [0.25, 0.3) is 33.6 Å². The van der Waals surface area contributed by atoms with Gasteiger partial charge in [-0.05, 0) is 81.1 Å². The maximum atomic E-state index is 14.5. The zero-order valence-corrected chi connectivity index (χ0v) is 27.0. The Morgan fingerprint density at radius 1 is 1.09 bits per heavy atom. The van der Waals surface area contributed by atoms with Crippen molar-refractivity contribution in [3.8, 4) is 17.3 Å². The van der Waals surface area contributed by atoms with Gasteiger partial charge in [-0.25, -0.2) is 14.4 Å². The second-order valence-corrected chi connectivity index (χ2v) is 12.6. The highest BCUT2D eigenvalue weighted by Crippen LogP contribution is 2.35. The Morgan fingerprint density at radius 2 is 1.94 bits per heavy atom. The number of amides is 2. The first-order valence-corrected chi connectivity index (χ1v) is 16.4. The number of methoxy groups -OCH3 is 1. The van der Waals surface area contributed by atoms with E-state index in [1.807, 2.05) is 54.9 Å². The van der Waals surface area contributed by atoms with Crippen molar-refractivity contribution in [3.63, 3.8) is 0 Å². The largest absolute Gasteiger partial charge is 0.494 e. The molecule has 1 saturated heterocycles. The number of hydrogen-bond donors (Lipinski definition) is 3. The average molecular weight is 638 g/mol. The fraction of sp³-hybridized carbons (Fsp3) is 0.389. The Hall–Kier alpha value is -4.77. The van der Waals surface area contributed by atoms with E-state index in [-0.39, 0.29) is 17.9 Å². The first-order chi connectivity index (χ1) is 22.8. The highest BCUT2D eigenvalue weighted by molar-refractivity contribution is 6.00. The second kappa shape index (κ2) is 12.8. The molecule has 2 amide bonds. The summed E-state index contributed by atoms with van der Waals surface area (Å²) in [6.45, 7) is 3.69. The number of aryl methyl sites for hydroxylation is 3. The molecule has 3 atom stereocenters. The van der Waals surface area contributed by atoms with E-state index in [9.17, 15) is 14.0 Å². The van der Waals surface area contributed by atoms with Crippen LogP contribution in [0.3, 0.4) is 0 Å². The number of nitrogens with one attached hydrogen (secondary N) is 3. The number of fused-ring (bicyclic) bond motifs is 3. The Morgan fingerprint density at radius 3 is 2.77 bits per heavy atom. The third-order valence-corrected chi connectivity index (χ3v) is 9.51. The van der Waals surface area contributed by atoms with E-state index in [1.54, 1.807) is 19.2 Å². The smallest absolute Gasteiger partial charge is 0.252 e. The fourth-order valence-electron chi connectivity index (χ4n) is 6.91. The summed E-state index contributed by atoms with van der Waals surface area (Å²) < 4.78 is 24.5. The van der Waals surface area contributed by atoms with E-state index in [4.69, 9.17) is 14.7 Å². The number of carbonyl (C=O) groups is 2. The highest BCUT2D eigenvalue weighted by atomic mass is 19.1. The average Bonchev–Trinajstić information content (AvgIpc) is 3.61. The van der Waals surface area contributed by atoms with Crippen LogP contribution in [0, 0.1) is 0 Å². The van der Waals surface area contributed by atoms with Crippen molar-refractivity contribution in [2.45, 2.75) is 63.8 Å². The molecular formula is C36H40FN7O3. The van der Waals surface area contributed by atoms with Crippen LogP contribution in [0.1, 0.15) is 70.6 Å². The third-order valence-electron chi connectivity index (χ3n) is 9.51. The van der Waals surface area contributed by atoms with Gasteiger partial charge in [0, 0.05) is 36.7 Å². The van der Waals surface area contributed by atoms with Gasteiger partial charge in [0.25, 0.3) is 11.8 Å². The molecule has 47 heavy (non-hydrogen) atoms. The van der Waals surface area contributed by atoms with Crippen LogP contribution in [0.4, 0.5) is 4.39 Å². The molecular weight excluding hydrogens is 597 g/mol. The van der Waals surface area contributed by atoms with Crippen LogP contribution < -0.4 is 20.7 Å². The van der Waals surface area contributed by atoms with Crippen molar-refractivity contribution < 1.29 is 18.7 Å². The minimum Gasteiger partial charge on any atom is -0.494 e. The standard InChI is InChI=1S/C36H40FN7O3/c1-21-27-13-12-23-18-30(44(33(23)40-27)16-8-4-5-9-22-10-6-7-11-25(22)36(46)39-21)34-41-28-17-24(19-31(47-3)32(28)43(34)2)35(45)42-29-20-38-15-14-26(29)37/h6-7,10-13,17-19,21,26,29,38H,4-5,8-9,14-16,20H2,1-3H3,(H,39,46)(H,42,45)/t21-,26+,29+/m1/s1. The zero-order valence-electron chi connectivity index (χ0n) is 27.0. The maximum Gasteiger partial charge on any atom is 0.252 e. The molecule has 0 radical (unpaired) electrons. The van der Waals surface area contributed by atoms with Gasteiger partial charge < -0.3 is 29.8 Å². The lowest BCUT2D eigenvalue weighted by atomic mass is 10.00. The summed E-state index contributed by atoms with van der Waals surface area (Å²) >= 11 is 0. The molecule has 7 rings (SSSR count). The molecule has 11 heteroatoms. The van der Waals surface area contributed by atoms with E-state index in [1.165, 1.54) is 0 Å². The summed E-state index contributed by atoms with van der Waals surface area (Å²) in [6, 6.07) is 16.5. The number of piperidine rings is 1. The number of imidazole rings is 1. The number of halogens is 1. The normalized spacial score (nSPS) is 20.5. The lowest BCUT2D eigenvalue weighted by Gasteiger charge is -2.27. The number of benzene rings is 2. The van der Waals surface area contributed by atoms with Gasteiger partial charge in [0.15, 0.2) is 5.82 Å². The van der Waals surface area contributed by atoms with Crippen molar-refractivity contribution in [1.82, 2.24) is 35.1 Å². The van der Waals surface area contributed by atoms with Gasteiger partial charge >= 0.3 is 0 Å². The Bertz CT molecular complexity index is 1980. The van der Waals surface area contributed by atoms with Crippen LogP contribution in [-0.2, 0) is 20.0 Å². The molecule has 2 aromatic carbocycles. The minimum atomic E-state index is -1.10. The fourth-order valence-corrected chi connectivity index (χ4v) is 6.91. The molecule has 0 saturated carbocycles. The van der Waals surface area contributed by atoms with Crippen molar-refractivity contribution >= 4 is 33.9 Å². The maximum absolute atomic E-state index is 14.5. The highest BCUT2D eigenvalue weighted by Gasteiger charge is 2.28. The molecule has 1 fully saturated rings. The number of nitrogens with zero attached hydrogens (tertiary/aromatic N) is 4. The topological polar surface area (TPSA) is 115 Å². The predicted molar refractivity (Wildman–Crippen MR) is 180 cm³/mol. The number of pyridine rings is 1. The van der Waals surface area contributed by atoms with Crippen molar-refractivity contribution in [2.75, 3.05) is 20.2 Å². The van der Waals surface area contributed by atoms with Crippen LogP contribution in [0.5, 0.6) is 5.75 Å². The summed E-state index contributed by atoms with van der Waals surface area (Å²) in [5.41, 5.74) is 6.01. The van der Waals surface area contributed by atoms with Crippen molar-refractivity contribution in [3.05, 3.63) is 77.0 Å². The summed E-state index contributed by atoms with van der Waals surface area (Å²) in [5.74, 6) is 0.767. The molecule has 0 unspecified atom stereocenters. The molecule has 2 aliphatic heterocycles. The molecule has 244 valence electrons. The lowest BCUT2D eigenvalue weighted by molar-refractivity contribution is 0.0891. The number of aromatic nitrogens is 4. The molecule has 3 aromatic heterocycles. The van der Waals surface area contributed by atoms with E-state index in [2.05, 4.69) is 26.6 Å². The molecule has 3 N–H and O–H groups in total. The minimum absolute atomic E-state index is 0.0928. The van der Waals surface area contributed by atoms with Gasteiger partial charge in [-0.2, -0.15) is 0 Å².